The molecule has 0 bridgehead atoms. The first-order valence-electron chi connectivity index (χ1n) is 5.89. The van der Waals surface area contributed by atoms with E-state index in [1.54, 1.807) is 19.9 Å². The molecule has 0 unspecified atom stereocenters. The lowest BCUT2D eigenvalue weighted by Gasteiger charge is -2.14. The van der Waals surface area contributed by atoms with E-state index in [4.69, 9.17) is 4.74 Å². The number of aliphatic hydroxyl groups excluding tert-OH is 1. The molecule has 0 aliphatic rings. The first-order chi connectivity index (χ1) is 8.97. The first kappa shape index (κ1) is 14.3. The van der Waals surface area contributed by atoms with Gasteiger partial charge in [-0.1, -0.05) is 0 Å². The summed E-state index contributed by atoms with van der Waals surface area (Å²) in [5.74, 6) is 0.800. The average Bonchev–Trinajstić information content (AvgIpc) is 2.36. The molecule has 0 amide bonds. The predicted octanol–water partition coefficient (Wildman–Crippen LogP) is 4.58. The standard InChI is InChI=1S/C15H14FIO2/c1-9-7-15(13(10(2)18)8-14(9)16)19-12-5-3-11(17)4-6-12/h3-8,10,18H,1-2H3/t10-/m0/s1. The molecule has 0 aliphatic heterocycles. The van der Waals surface area contributed by atoms with Gasteiger partial charge in [0.15, 0.2) is 0 Å². The quantitative estimate of drug-likeness (QED) is 0.799. The molecule has 0 aliphatic carbocycles. The number of hydrogen-bond acceptors (Lipinski definition) is 2. The topological polar surface area (TPSA) is 29.5 Å². The van der Waals surface area contributed by atoms with Gasteiger partial charge in [-0.15, -0.1) is 0 Å². The summed E-state index contributed by atoms with van der Waals surface area (Å²) in [6.45, 7) is 3.26. The van der Waals surface area contributed by atoms with Crippen LogP contribution in [0, 0.1) is 16.3 Å². The van der Waals surface area contributed by atoms with E-state index >= 15 is 0 Å². The minimum Gasteiger partial charge on any atom is -0.457 e. The molecule has 100 valence electrons. The van der Waals surface area contributed by atoms with Crippen LogP contribution < -0.4 is 4.74 Å². The maximum atomic E-state index is 13.5. The fraction of sp³-hybridized carbons (Fsp3) is 0.200. The molecular formula is C15H14FIO2. The zero-order valence-corrected chi connectivity index (χ0v) is 12.8. The van der Waals surface area contributed by atoms with Crippen molar-refractivity contribution in [3.8, 4) is 11.5 Å². The highest BCUT2D eigenvalue weighted by molar-refractivity contribution is 14.1. The summed E-state index contributed by atoms with van der Waals surface area (Å²) in [6.07, 6.45) is -0.783. The fourth-order valence-electron chi connectivity index (χ4n) is 1.71. The van der Waals surface area contributed by atoms with Gasteiger partial charge in [-0.25, -0.2) is 4.39 Å². The monoisotopic (exact) mass is 372 g/mol. The van der Waals surface area contributed by atoms with Crippen LogP contribution in [0.4, 0.5) is 4.39 Å². The summed E-state index contributed by atoms with van der Waals surface area (Å²) >= 11 is 2.21. The average molecular weight is 372 g/mol. The molecule has 2 nitrogen and oxygen atoms in total. The fourth-order valence-corrected chi connectivity index (χ4v) is 2.07. The Morgan fingerprint density at radius 2 is 1.84 bits per heavy atom. The molecule has 2 aromatic carbocycles. The largest absolute Gasteiger partial charge is 0.457 e. The van der Waals surface area contributed by atoms with Gasteiger partial charge in [0.05, 0.1) is 6.10 Å². The van der Waals surface area contributed by atoms with E-state index in [9.17, 15) is 9.50 Å². The van der Waals surface area contributed by atoms with Gasteiger partial charge < -0.3 is 9.84 Å². The van der Waals surface area contributed by atoms with E-state index < -0.39 is 6.10 Å². The highest BCUT2D eigenvalue weighted by atomic mass is 127. The van der Waals surface area contributed by atoms with E-state index in [0.717, 1.165) is 3.57 Å². The van der Waals surface area contributed by atoms with Gasteiger partial charge >= 0.3 is 0 Å². The van der Waals surface area contributed by atoms with Crippen LogP contribution in [0.5, 0.6) is 11.5 Å². The first-order valence-corrected chi connectivity index (χ1v) is 6.97. The molecule has 1 N–H and O–H groups in total. The second kappa shape index (κ2) is 5.88. The van der Waals surface area contributed by atoms with E-state index in [0.29, 0.717) is 22.6 Å². The van der Waals surface area contributed by atoms with Crippen molar-refractivity contribution < 1.29 is 14.2 Å². The summed E-state index contributed by atoms with van der Waals surface area (Å²) in [7, 11) is 0. The third kappa shape index (κ3) is 3.45. The van der Waals surface area contributed by atoms with Gasteiger partial charge in [0.1, 0.15) is 17.3 Å². The molecule has 0 aromatic heterocycles. The molecule has 1 atom stereocenters. The molecule has 2 rings (SSSR count). The minimum atomic E-state index is -0.783. The Hall–Kier alpha value is -1.14. The maximum absolute atomic E-state index is 13.5. The second-order valence-corrected chi connectivity index (χ2v) is 5.62. The highest BCUT2D eigenvalue weighted by Crippen LogP contribution is 2.32. The summed E-state index contributed by atoms with van der Waals surface area (Å²) in [5.41, 5.74) is 0.937. The van der Waals surface area contributed by atoms with Crippen molar-refractivity contribution >= 4 is 22.6 Å². The third-order valence-corrected chi connectivity index (χ3v) is 3.50. The minimum absolute atomic E-state index is 0.342. The van der Waals surface area contributed by atoms with Crippen LogP contribution in [0.25, 0.3) is 0 Å². The molecule has 0 radical (unpaired) electrons. The Kier molecular flexibility index (Phi) is 4.42. The van der Waals surface area contributed by atoms with Gasteiger partial charge in [-0.2, -0.15) is 0 Å². The van der Waals surface area contributed by atoms with Crippen LogP contribution in [-0.2, 0) is 0 Å². The van der Waals surface area contributed by atoms with Gasteiger partial charge in [0.25, 0.3) is 0 Å². The van der Waals surface area contributed by atoms with E-state index in [2.05, 4.69) is 22.6 Å². The number of hydrogen-bond donors (Lipinski definition) is 1. The lowest BCUT2D eigenvalue weighted by molar-refractivity contribution is 0.195. The Bertz CT molecular complexity index is 579. The zero-order chi connectivity index (χ0) is 14.0. The maximum Gasteiger partial charge on any atom is 0.133 e. The number of halogens is 2. The van der Waals surface area contributed by atoms with Crippen molar-refractivity contribution in [3.63, 3.8) is 0 Å². The molecule has 0 fully saturated rings. The molecule has 0 spiro atoms. The molecule has 0 saturated heterocycles. The van der Waals surface area contributed by atoms with Crippen LogP contribution in [0.1, 0.15) is 24.2 Å². The van der Waals surface area contributed by atoms with Gasteiger partial charge in [0, 0.05) is 9.13 Å². The summed E-state index contributed by atoms with van der Waals surface area (Å²) in [6, 6.07) is 10.5. The van der Waals surface area contributed by atoms with Crippen LogP contribution in [0.15, 0.2) is 36.4 Å². The van der Waals surface area contributed by atoms with Gasteiger partial charge in [-0.05, 0) is 78.4 Å². The molecule has 2 aromatic rings. The Morgan fingerprint density at radius 3 is 2.42 bits per heavy atom. The van der Waals surface area contributed by atoms with E-state index in [-0.39, 0.29) is 5.82 Å². The van der Waals surface area contributed by atoms with Crippen molar-refractivity contribution in [2.45, 2.75) is 20.0 Å². The SMILES string of the molecule is Cc1cc(Oc2ccc(I)cc2)c([C@H](C)O)cc1F. The molecular weight excluding hydrogens is 358 g/mol. The smallest absolute Gasteiger partial charge is 0.133 e. The summed E-state index contributed by atoms with van der Waals surface area (Å²) in [5, 5.41) is 9.69. The zero-order valence-electron chi connectivity index (χ0n) is 10.7. The molecule has 19 heavy (non-hydrogen) atoms. The number of rotatable bonds is 3. The normalized spacial score (nSPS) is 12.3. The second-order valence-electron chi connectivity index (χ2n) is 4.37. The van der Waals surface area contributed by atoms with Crippen LogP contribution in [0.3, 0.4) is 0 Å². The summed E-state index contributed by atoms with van der Waals surface area (Å²) in [4.78, 5) is 0. The number of ether oxygens (including phenoxy) is 1. The summed E-state index contributed by atoms with van der Waals surface area (Å²) < 4.78 is 20.4. The Morgan fingerprint density at radius 1 is 1.21 bits per heavy atom. The lowest BCUT2D eigenvalue weighted by Crippen LogP contribution is -1.99. The number of benzene rings is 2. The molecule has 0 saturated carbocycles. The molecule has 4 heteroatoms. The Labute approximate surface area is 125 Å². The number of aryl methyl sites for hydroxylation is 1. The molecule has 0 heterocycles. The van der Waals surface area contributed by atoms with Crippen molar-refractivity contribution in [2.75, 3.05) is 0 Å². The van der Waals surface area contributed by atoms with Crippen molar-refractivity contribution in [3.05, 3.63) is 56.9 Å². The van der Waals surface area contributed by atoms with E-state index in [1.165, 1.54) is 6.07 Å². The van der Waals surface area contributed by atoms with Crippen LogP contribution >= 0.6 is 22.6 Å². The van der Waals surface area contributed by atoms with Gasteiger partial charge in [0.2, 0.25) is 0 Å². The van der Waals surface area contributed by atoms with Crippen molar-refractivity contribution in [1.82, 2.24) is 0 Å². The number of aliphatic hydroxyl groups is 1. The van der Waals surface area contributed by atoms with E-state index in [1.807, 2.05) is 24.3 Å². The third-order valence-electron chi connectivity index (χ3n) is 2.78. The lowest BCUT2D eigenvalue weighted by atomic mass is 10.1. The predicted molar refractivity (Wildman–Crippen MR) is 81.0 cm³/mol. The van der Waals surface area contributed by atoms with Crippen LogP contribution in [-0.4, -0.2) is 5.11 Å². The van der Waals surface area contributed by atoms with Crippen molar-refractivity contribution in [2.24, 2.45) is 0 Å². The van der Waals surface area contributed by atoms with Crippen LogP contribution in [0.2, 0.25) is 0 Å². The van der Waals surface area contributed by atoms with Crippen molar-refractivity contribution in [1.29, 1.82) is 0 Å². The Balaban J connectivity index is 2.38. The highest BCUT2D eigenvalue weighted by Gasteiger charge is 2.13. The van der Waals surface area contributed by atoms with Gasteiger partial charge in [-0.3, -0.25) is 0 Å².